The Hall–Kier alpha value is -2.66. The lowest BCUT2D eigenvalue weighted by molar-refractivity contribution is -0.116. The lowest BCUT2D eigenvalue weighted by Gasteiger charge is -2.19. The van der Waals surface area contributed by atoms with Crippen molar-refractivity contribution in [2.24, 2.45) is 0 Å². The molecule has 1 fully saturated rings. The van der Waals surface area contributed by atoms with Crippen molar-refractivity contribution in [1.82, 2.24) is 10.2 Å². The highest BCUT2D eigenvalue weighted by molar-refractivity contribution is 5.96. The summed E-state index contributed by atoms with van der Waals surface area (Å²) in [6.45, 7) is 5.53. The van der Waals surface area contributed by atoms with Crippen LogP contribution >= 0.6 is 0 Å². The van der Waals surface area contributed by atoms with Crippen LogP contribution in [0.1, 0.15) is 53.6 Å². The van der Waals surface area contributed by atoms with Gasteiger partial charge in [0.05, 0.1) is 0 Å². The Morgan fingerprint density at radius 2 is 1.62 bits per heavy atom. The molecule has 2 aromatic rings. The summed E-state index contributed by atoms with van der Waals surface area (Å²) in [7, 11) is 0. The first-order valence-corrected chi connectivity index (χ1v) is 10.6. The van der Waals surface area contributed by atoms with Crippen molar-refractivity contribution < 1.29 is 9.59 Å². The zero-order valence-corrected chi connectivity index (χ0v) is 17.2. The van der Waals surface area contributed by atoms with Crippen molar-refractivity contribution in [2.75, 3.05) is 25.0 Å². The molecule has 2 amide bonds. The number of anilines is 1. The van der Waals surface area contributed by atoms with Gasteiger partial charge < -0.3 is 10.6 Å². The quantitative estimate of drug-likeness (QED) is 0.744. The normalized spacial score (nSPS) is 14.8. The molecule has 2 N–H and O–H groups in total. The number of amides is 2. The number of nitrogens with zero attached hydrogens (tertiary/aromatic N) is 1. The van der Waals surface area contributed by atoms with E-state index in [0.717, 1.165) is 17.8 Å². The minimum Gasteiger partial charge on any atom is -0.352 e. The third-order valence-electron chi connectivity index (χ3n) is 5.37. The number of likely N-dealkylation sites (tertiary alicyclic amines) is 1. The Kier molecular flexibility index (Phi) is 7.82. The van der Waals surface area contributed by atoms with Crippen molar-refractivity contribution in [3.05, 3.63) is 65.2 Å². The molecule has 2 aromatic carbocycles. The highest BCUT2D eigenvalue weighted by atomic mass is 16.2. The fourth-order valence-electron chi connectivity index (χ4n) is 3.68. The molecular weight excluding hydrogens is 362 g/mol. The van der Waals surface area contributed by atoms with E-state index < -0.39 is 0 Å². The number of aryl methyl sites for hydroxylation is 1. The van der Waals surface area contributed by atoms with Crippen LogP contribution in [0.5, 0.6) is 0 Å². The highest BCUT2D eigenvalue weighted by Crippen LogP contribution is 2.15. The molecule has 29 heavy (non-hydrogen) atoms. The van der Waals surface area contributed by atoms with E-state index in [4.69, 9.17) is 0 Å². The number of nitrogens with one attached hydrogen (secondary N) is 2. The molecule has 0 radical (unpaired) electrons. The smallest absolute Gasteiger partial charge is 0.251 e. The average Bonchev–Trinajstić information content (AvgIpc) is 2.98. The van der Waals surface area contributed by atoms with E-state index in [-0.39, 0.29) is 18.2 Å². The highest BCUT2D eigenvalue weighted by Gasteiger charge is 2.11. The van der Waals surface area contributed by atoms with Gasteiger partial charge in [-0.3, -0.25) is 14.5 Å². The summed E-state index contributed by atoms with van der Waals surface area (Å²) < 4.78 is 0. The maximum atomic E-state index is 12.2. The van der Waals surface area contributed by atoms with Gasteiger partial charge in [-0.05, 0) is 62.2 Å². The van der Waals surface area contributed by atoms with Crippen molar-refractivity contribution in [2.45, 2.75) is 45.6 Å². The van der Waals surface area contributed by atoms with Gasteiger partial charge in [-0.2, -0.15) is 0 Å². The Morgan fingerprint density at radius 3 is 2.31 bits per heavy atom. The molecule has 0 atom stereocenters. The van der Waals surface area contributed by atoms with Gasteiger partial charge in [0.2, 0.25) is 5.91 Å². The van der Waals surface area contributed by atoms with E-state index in [1.807, 2.05) is 37.3 Å². The second-order valence-corrected chi connectivity index (χ2v) is 7.76. The summed E-state index contributed by atoms with van der Waals surface area (Å²) in [6.07, 6.45) is 5.50. The predicted octanol–water partition coefficient (Wildman–Crippen LogP) is 4.13. The van der Waals surface area contributed by atoms with Crippen LogP contribution in [0.4, 0.5) is 5.69 Å². The lowest BCUT2D eigenvalue weighted by atomic mass is 10.1. The average molecular weight is 394 g/mol. The van der Waals surface area contributed by atoms with Gasteiger partial charge >= 0.3 is 0 Å². The minimum atomic E-state index is -0.145. The van der Waals surface area contributed by atoms with Crippen LogP contribution in [0, 0.1) is 6.92 Å². The second kappa shape index (κ2) is 10.8. The van der Waals surface area contributed by atoms with E-state index in [1.165, 1.54) is 44.3 Å². The van der Waals surface area contributed by atoms with Gasteiger partial charge in [0, 0.05) is 30.8 Å². The third-order valence-corrected chi connectivity index (χ3v) is 5.37. The Balaban J connectivity index is 1.41. The summed E-state index contributed by atoms with van der Waals surface area (Å²) in [5.41, 5.74) is 3.64. The number of hydrogen-bond acceptors (Lipinski definition) is 3. The van der Waals surface area contributed by atoms with Crippen molar-refractivity contribution >= 4 is 17.5 Å². The summed E-state index contributed by atoms with van der Waals surface area (Å²) in [4.78, 5) is 26.9. The molecule has 0 aliphatic carbocycles. The molecule has 154 valence electrons. The third kappa shape index (κ3) is 6.71. The Morgan fingerprint density at radius 1 is 0.931 bits per heavy atom. The number of carbonyl (C=O) groups is 2. The number of carbonyl (C=O) groups excluding carboxylic acids is 2. The van der Waals surface area contributed by atoms with Gasteiger partial charge in [-0.25, -0.2) is 0 Å². The molecule has 1 aliphatic heterocycles. The summed E-state index contributed by atoms with van der Waals surface area (Å²) in [5, 5.41) is 5.71. The van der Waals surface area contributed by atoms with E-state index in [2.05, 4.69) is 27.7 Å². The number of benzene rings is 2. The molecule has 0 saturated carbocycles. The standard InChI is InChI=1S/C24H31N3O2/c1-19-8-4-5-9-22(19)24(29)25-15-14-23(28)26-21-12-10-20(11-13-21)18-27-16-6-2-3-7-17-27/h4-5,8-13H,2-3,6-7,14-18H2,1H3,(H,25,29)(H,26,28). The minimum absolute atomic E-state index is 0.102. The molecule has 5 heteroatoms. The molecular formula is C24H31N3O2. The van der Waals surface area contributed by atoms with Gasteiger partial charge in [0.1, 0.15) is 0 Å². The van der Waals surface area contributed by atoms with Gasteiger partial charge in [-0.15, -0.1) is 0 Å². The topological polar surface area (TPSA) is 61.4 Å². The zero-order chi connectivity index (χ0) is 20.5. The van der Waals surface area contributed by atoms with Crippen LogP contribution in [0.15, 0.2) is 48.5 Å². The molecule has 1 heterocycles. The first kappa shape index (κ1) is 21.1. The molecule has 0 bridgehead atoms. The molecule has 0 spiro atoms. The molecule has 0 unspecified atom stereocenters. The van der Waals surface area contributed by atoms with Gasteiger partial charge in [0.15, 0.2) is 0 Å². The summed E-state index contributed by atoms with van der Waals surface area (Å²) >= 11 is 0. The fourth-order valence-corrected chi connectivity index (χ4v) is 3.68. The van der Waals surface area contributed by atoms with Crippen LogP contribution < -0.4 is 10.6 Å². The van der Waals surface area contributed by atoms with Crippen molar-refractivity contribution in [1.29, 1.82) is 0 Å². The second-order valence-electron chi connectivity index (χ2n) is 7.76. The van der Waals surface area contributed by atoms with E-state index in [1.54, 1.807) is 6.07 Å². The summed E-state index contributed by atoms with van der Waals surface area (Å²) in [6, 6.07) is 15.5. The van der Waals surface area contributed by atoms with E-state index in [9.17, 15) is 9.59 Å². The number of rotatable bonds is 7. The van der Waals surface area contributed by atoms with Crippen molar-refractivity contribution in [3.63, 3.8) is 0 Å². The van der Waals surface area contributed by atoms with Crippen LogP contribution in [-0.4, -0.2) is 36.3 Å². The van der Waals surface area contributed by atoms with Crippen molar-refractivity contribution in [3.8, 4) is 0 Å². The predicted molar refractivity (Wildman–Crippen MR) is 117 cm³/mol. The SMILES string of the molecule is Cc1ccccc1C(=O)NCCC(=O)Nc1ccc(CN2CCCCCC2)cc1. The molecule has 3 rings (SSSR count). The largest absolute Gasteiger partial charge is 0.352 e. The maximum absolute atomic E-state index is 12.2. The number of hydrogen-bond donors (Lipinski definition) is 2. The molecule has 1 saturated heterocycles. The summed E-state index contributed by atoms with van der Waals surface area (Å²) in [5.74, 6) is -0.246. The van der Waals surface area contributed by atoms with Gasteiger partial charge in [-0.1, -0.05) is 43.2 Å². The Bertz CT molecular complexity index is 809. The van der Waals surface area contributed by atoms with E-state index in [0.29, 0.717) is 12.1 Å². The lowest BCUT2D eigenvalue weighted by Crippen LogP contribution is -2.28. The first-order valence-electron chi connectivity index (χ1n) is 10.6. The monoisotopic (exact) mass is 393 g/mol. The molecule has 0 aromatic heterocycles. The Labute approximate surface area is 173 Å². The first-order chi connectivity index (χ1) is 14.1. The van der Waals surface area contributed by atoms with Crippen LogP contribution in [-0.2, 0) is 11.3 Å². The maximum Gasteiger partial charge on any atom is 0.251 e. The zero-order valence-electron chi connectivity index (χ0n) is 17.2. The van der Waals surface area contributed by atoms with Crippen LogP contribution in [0.3, 0.4) is 0 Å². The fraction of sp³-hybridized carbons (Fsp3) is 0.417. The van der Waals surface area contributed by atoms with Gasteiger partial charge in [0.25, 0.3) is 5.91 Å². The van der Waals surface area contributed by atoms with E-state index >= 15 is 0 Å². The molecule has 1 aliphatic rings. The molecule has 5 nitrogen and oxygen atoms in total. The van der Waals surface area contributed by atoms with Crippen LogP contribution in [0.25, 0.3) is 0 Å². The van der Waals surface area contributed by atoms with Crippen LogP contribution in [0.2, 0.25) is 0 Å².